The van der Waals surface area contributed by atoms with Gasteiger partial charge in [-0.25, -0.2) is 9.78 Å². The molecule has 9 heteroatoms. The van der Waals surface area contributed by atoms with Gasteiger partial charge in [-0.05, 0) is 19.1 Å². The fraction of sp³-hybridized carbons (Fsp3) is 0.462. The van der Waals surface area contributed by atoms with Crippen molar-refractivity contribution in [2.45, 2.75) is 25.2 Å². The first-order valence-electron chi connectivity index (χ1n) is 6.40. The van der Waals surface area contributed by atoms with E-state index >= 15 is 0 Å². The molecule has 1 aromatic rings. The van der Waals surface area contributed by atoms with Gasteiger partial charge < -0.3 is 14.7 Å². The first-order chi connectivity index (χ1) is 10.2. The van der Waals surface area contributed by atoms with Crippen LogP contribution in [-0.4, -0.2) is 58.3 Å². The average molecular weight is 318 g/mol. The molecule has 0 saturated carbocycles. The van der Waals surface area contributed by atoms with E-state index in [-0.39, 0.29) is 24.4 Å². The fourth-order valence-corrected chi connectivity index (χ4v) is 2.25. The van der Waals surface area contributed by atoms with Gasteiger partial charge in [0.1, 0.15) is 5.69 Å². The molecule has 0 radical (unpaired) electrons. The molecule has 1 fully saturated rings. The van der Waals surface area contributed by atoms with Crippen LogP contribution >= 0.6 is 0 Å². The van der Waals surface area contributed by atoms with E-state index in [1.807, 2.05) is 0 Å². The Morgan fingerprint density at radius 2 is 2.09 bits per heavy atom. The predicted octanol–water partition coefficient (Wildman–Crippen LogP) is 1.57. The van der Waals surface area contributed by atoms with Crippen molar-refractivity contribution in [2.24, 2.45) is 0 Å². The second-order valence-electron chi connectivity index (χ2n) is 4.81. The summed E-state index contributed by atoms with van der Waals surface area (Å²) in [6, 6.07) is 1.17. The Labute approximate surface area is 123 Å². The van der Waals surface area contributed by atoms with E-state index < -0.39 is 30.2 Å². The molecular weight excluding hydrogens is 305 g/mol. The number of alkyl halides is 3. The number of rotatable bonds is 2. The zero-order chi connectivity index (χ0) is 16.5. The molecular formula is C13H13F3N2O4. The van der Waals surface area contributed by atoms with Crippen molar-refractivity contribution in [1.29, 1.82) is 0 Å². The van der Waals surface area contributed by atoms with Gasteiger partial charge in [0, 0.05) is 12.7 Å². The second kappa shape index (κ2) is 5.91. The zero-order valence-corrected chi connectivity index (χ0v) is 11.5. The number of morpholine rings is 1. The van der Waals surface area contributed by atoms with Crippen LogP contribution in [0.25, 0.3) is 0 Å². The Balaban J connectivity index is 2.19. The predicted molar refractivity (Wildman–Crippen MR) is 67.5 cm³/mol. The SMILES string of the molecule is CC1C(C(F)(F)F)OCCN1C(=O)c1ccc(C(=O)O)nc1. The van der Waals surface area contributed by atoms with Crippen molar-refractivity contribution >= 4 is 11.9 Å². The number of halogens is 3. The second-order valence-corrected chi connectivity index (χ2v) is 4.81. The molecule has 0 bridgehead atoms. The highest BCUT2D eigenvalue weighted by Crippen LogP contribution is 2.30. The summed E-state index contributed by atoms with van der Waals surface area (Å²) >= 11 is 0. The number of hydrogen-bond acceptors (Lipinski definition) is 4. The van der Waals surface area contributed by atoms with Gasteiger partial charge >= 0.3 is 12.1 Å². The van der Waals surface area contributed by atoms with Crippen LogP contribution in [0.4, 0.5) is 13.2 Å². The van der Waals surface area contributed by atoms with Crippen LogP contribution in [0, 0.1) is 0 Å². The molecule has 0 aromatic carbocycles. The van der Waals surface area contributed by atoms with Crippen LogP contribution in [0.2, 0.25) is 0 Å². The summed E-state index contributed by atoms with van der Waals surface area (Å²) in [5, 5.41) is 8.73. The largest absolute Gasteiger partial charge is 0.477 e. The quantitative estimate of drug-likeness (QED) is 0.895. The van der Waals surface area contributed by atoms with Crippen molar-refractivity contribution in [1.82, 2.24) is 9.88 Å². The number of hydrogen-bond donors (Lipinski definition) is 1. The van der Waals surface area contributed by atoms with Crippen molar-refractivity contribution < 1.29 is 32.6 Å². The van der Waals surface area contributed by atoms with Gasteiger partial charge in [0.05, 0.1) is 18.2 Å². The van der Waals surface area contributed by atoms with Gasteiger partial charge in [-0.1, -0.05) is 0 Å². The maximum absolute atomic E-state index is 12.8. The molecule has 2 unspecified atom stereocenters. The van der Waals surface area contributed by atoms with Gasteiger partial charge in [0.25, 0.3) is 5.91 Å². The number of aromatic nitrogens is 1. The third-order valence-corrected chi connectivity index (χ3v) is 3.37. The van der Waals surface area contributed by atoms with E-state index in [1.165, 1.54) is 13.0 Å². The summed E-state index contributed by atoms with van der Waals surface area (Å²) in [5.41, 5.74) is -0.223. The lowest BCUT2D eigenvalue weighted by Crippen LogP contribution is -2.57. The molecule has 2 rings (SSSR count). The normalized spacial score (nSPS) is 22.5. The number of ether oxygens (including phenoxy) is 1. The van der Waals surface area contributed by atoms with Crippen molar-refractivity contribution in [3.05, 3.63) is 29.6 Å². The van der Waals surface area contributed by atoms with Crippen LogP contribution in [-0.2, 0) is 4.74 Å². The zero-order valence-electron chi connectivity index (χ0n) is 11.5. The average Bonchev–Trinajstić information content (AvgIpc) is 2.45. The highest BCUT2D eigenvalue weighted by atomic mass is 19.4. The number of amides is 1. The first-order valence-corrected chi connectivity index (χ1v) is 6.40. The minimum absolute atomic E-state index is 0.0211. The molecule has 2 atom stereocenters. The van der Waals surface area contributed by atoms with E-state index in [1.54, 1.807) is 0 Å². The van der Waals surface area contributed by atoms with E-state index in [4.69, 9.17) is 9.84 Å². The Kier molecular flexibility index (Phi) is 4.36. The van der Waals surface area contributed by atoms with Crippen LogP contribution in [0.3, 0.4) is 0 Å². The topological polar surface area (TPSA) is 79.7 Å². The molecule has 1 aliphatic rings. The van der Waals surface area contributed by atoms with E-state index in [2.05, 4.69) is 4.98 Å². The molecule has 1 aromatic heterocycles. The summed E-state index contributed by atoms with van der Waals surface area (Å²) < 4.78 is 43.2. The molecule has 120 valence electrons. The molecule has 1 amide bonds. The molecule has 0 aliphatic carbocycles. The number of carbonyl (C=O) groups excluding carboxylic acids is 1. The highest BCUT2D eigenvalue weighted by molar-refractivity contribution is 5.95. The van der Waals surface area contributed by atoms with Crippen LogP contribution in [0.5, 0.6) is 0 Å². The molecule has 22 heavy (non-hydrogen) atoms. The minimum Gasteiger partial charge on any atom is -0.477 e. The van der Waals surface area contributed by atoms with Crippen LogP contribution in [0.1, 0.15) is 27.8 Å². The van der Waals surface area contributed by atoms with E-state index in [0.29, 0.717) is 0 Å². The monoisotopic (exact) mass is 318 g/mol. The smallest absolute Gasteiger partial charge is 0.416 e. The van der Waals surface area contributed by atoms with E-state index in [9.17, 15) is 22.8 Å². The molecule has 1 N–H and O–H groups in total. The molecule has 0 spiro atoms. The van der Waals surface area contributed by atoms with Crippen molar-refractivity contribution in [2.75, 3.05) is 13.2 Å². The van der Waals surface area contributed by atoms with Gasteiger partial charge in [-0.2, -0.15) is 13.2 Å². The third-order valence-electron chi connectivity index (χ3n) is 3.37. The lowest BCUT2D eigenvalue weighted by molar-refractivity contribution is -0.246. The Hall–Kier alpha value is -2.16. The molecule has 2 heterocycles. The lowest BCUT2D eigenvalue weighted by Gasteiger charge is -2.39. The maximum Gasteiger partial charge on any atom is 0.416 e. The maximum atomic E-state index is 12.8. The Morgan fingerprint density at radius 1 is 1.41 bits per heavy atom. The van der Waals surface area contributed by atoms with Crippen LogP contribution < -0.4 is 0 Å². The third kappa shape index (κ3) is 3.19. The summed E-state index contributed by atoms with van der Waals surface area (Å²) in [7, 11) is 0. The Bertz CT molecular complexity index is 574. The van der Waals surface area contributed by atoms with Gasteiger partial charge in [-0.15, -0.1) is 0 Å². The fourth-order valence-electron chi connectivity index (χ4n) is 2.25. The molecule has 6 nitrogen and oxygen atoms in total. The number of nitrogens with zero attached hydrogens (tertiary/aromatic N) is 2. The first kappa shape index (κ1) is 16.2. The Morgan fingerprint density at radius 3 is 2.59 bits per heavy atom. The number of carbonyl (C=O) groups is 2. The van der Waals surface area contributed by atoms with Gasteiger partial charge in [0.2, 0.25) is 0 Å². The summed E-state index contributed by atoms with van der Waals surface area (Å²) in [4.78, 5) is 27.6. The van der Waals surface area contributed by atoms with E-state index in [0.717, 1.165) is 17.2 Å². The van der Waals surface area contributed by atoms with Crippen molar-refractivity contribution in [3.63, 3.8) is 0 Å². The highest BCUT2D eigenvalue weighted by Gasteiger charge is 2.49. The summed E-state index contributed by atoms with van der Waals surface area (Å²) in [5.74, 6) is -1.90. The molecule has 1 aliphatic heterocycles. The van der Waals surface area contributed by atoms with Gasteiger partial charge in [-0.3, -0.25) is 4.79 Å². The number of carboxylic acid groups (broad SMARTS) is 1. The van der Waals surface area contributed by atoms with Crippen molar-refractivity contribution in [3.8, 4) is 0 Å². The number of pyridine rings is 1. The standard InChI is InChI=1S/C13H13F3N2O4/c1-7-10(13(14,15)16)22-5-4-18(7)11(19)8-2-3-9(12(20)21)17-6-8/h2-3,6-7,10H,4-5H2,1H3,(H,20,21). The van der Waals surface area contributed by atoms with Crippen LogP contribution in [0.15, 0.2) is 18.3 Å². The lowest BCUT2D eigenvalue weighted by atomic mass is 10.1. The number of carboxylic acids is 1. The minimum atomic E-state index is -4.57. The summed E-state index contributed by atoms with van der Waals surface area (Å²) in [6.45, 7) is 1.06. The molecule has 1 saturated heterocycles. The van der Waals surface area contributed by atoms with Gasteiger partial charge in [0.15, 0.2) is 6.10 Å². The number of aromatic carboxylic acids is 1. The summed E-state index contributed by atoms with van der Waals surface area (Å²) in [6.07, 6.45) is -5.57.